The van der Waals surface area contributed by atoms with Gasteiger partial charge in [0, 0.05) is 28.6 Å². The molecule has 1 aromatic rings. The molecule has 0 fully saturated rings. The molecule has 0 saturated heterocycles. The summed E-state index contributed by atoms with van der Waals surface area (Å²) in [5.74, 6) is -0.0823. The number of halogens is 2. The second-order valence-corrected chi connectivity index (χ2v) is 5.91. The number of amides is 1. The third kappa shape index (κ3) is 5.13. The van der Waals surface area contributed by atoms with Crippen molar-refractivity contribution in [1.29, 1.82) is 0 Å². The van der Waals surface area contributed by atoms with Crippen LogP contribution in [-0.4, -0.2) is 37.0 Å². The van der Waals surface area contributed by atoms with Crippen LogP contribution in [-0.2, 0) is 0 Å². The molecule has 0 saturated carbocycles. The highest BCUT2D eigenvalue weighted by Crippen LogP contribution is 2.21. The van der Waals surface area contributed by atoms with Gasteiger partial charge in [-0.2, -0.15) is 0 Å². The first-order chi connectivity index (χ1) is 8.95. The van der Waals surface area contributed by atoms with Crippen LogP contribution in [0.4, 0.5) is 0 Å². The third-order valence-corrected chi connectivity index (χ3v) is 4.16. The Labute approximate surface area is 128 Å². The van der Waals surface area contributed by atoms with Gasteiger partial charge in [-0.3, -0.25) is 4.79 Å². The summed E-state index contributed by atoms with van der Waals surface area (Å²) in [6, 6.07) is 5.69. The lowest BCUT2D eigenvalue weighted by Gasteiger charge is -2.23. The summed E-state index contributed by atoms with van der Waals surface area (Å²) in [7, 11) is 2.07. The topological polar surface area (TPSA) is 32.3 Å². The molecular formula is C14H20BrClN2O. The van der Waals surface area contributed by atoms with Gasteiger partial charge in [-0.25, -0.2) is 0 Å². The van der Waals surface area contributed by atoms with E-state index in [9.17, 15) is 4.79 Å². The summed E-state index contributed by atoms with van der Waals surface area (Å²) in [6.45, 7) is 5.81. The van der Waals surface area contributed by atoms with Crippen molar-refractivity contribution in [2.45, 2.75) is 26.3 Å². The van der Waals surface area contributed by atoms with Crippen LogP contribution in [0.15, 0.2) is 22.7 Å². The molecule has 0 heterocycles. The molecule has 0 aliphatic heterocycles. The summed E-state index contributed by atoms with van der Waals surface area (Å²) >= 11 is 9.20. The fourth-order valence-electron chi connectivity index (χ4n) is 1.65. The Kier molecular flexibility index (Phi) is 6.83. The van der Waals surface area contributed by atoms with Crippen LogP contribution < -0.4 is 5.32 Å². The fourth-order valence-corrected chi connectivity index (χ4v) is 2.51. The number of carbonyl (C=O) groups excluding carboxylic acids is 1. The van der Waals surface area contributed by atoms with Gasteiger partial charge in [-0.1, -0.05) is 18.5 Å². The highest BCUT2D eigenvalue weighted by molar-refractivity contribution is 9.10. The minimum atomic E-state index is -0.0823. The van der Waals surface area contributed by atoms with Crippen molar-refractivity contribution in [2.24, 2.45) is 0 Å². The van der Waals surface area contributed by atoms with Crippen molar-refractivity contribution < 1.29 is 4.79 Å². The summed E-state index contributed by atoms with van der Waals surface area (Å²) in [5, 5.41) is 3.53. The minimum absolute atomic E-state index is 0.0823. The zero-order valence-corrected chi connectivity index (χ0v) is 13.9. The standard InChI is InChI=1S/C14H20BrClN2O/c1-4-10(2)18(3)8-7-17-14(19)12-6-5-11(16)9-13(12)15/h5-6,9-10H,4,7-8H2,1-3H3,(H,17,19). The zero-order valence-electron chi connectivity index (χ0n) is 11.5. The highest BCUT2D eigenvalue weighted by Gasteiger charge is 2.11. The molecule has 1 atom stereocenters. The predicted octanol–water partition coefficient (Wildman–Crippen LogP) is 3.56. The van der Waals surface area contributed by atoms with Crippen molar-refractivity contribution in [3.63, 3.8) is 0 Å². The average molecular weight is 348 g/mol. The van der Waals surface area contributed by atoms with Gasteiger partial charge in [0.2, 0.25) is 0 Å². The lowest BCUT2D eigenvalue weighted by atomic mass is 10.2. The second-order valence-electron chi connectivity index (χ2n) is 4.62. The highest BCUT2D eigenvalue weighted by atomic mass is 79.9. The molecular weight excluding hydrogens is 328 g/mol. The van der Waals surface area contributed by atoms with E-state index < -0.39 is 0 Å². The molecule has 0 spiro atoms. The van der Waals surface area contributed by atoms with Crippen LogP contribution in [0.5, 0.6) is 0 Å². The van der Waals surface area contributed by atoms with Gasteiger partial charge in [-0.05, 0) is 54.5 Å². The summed E-state index contributed by atoms with van der Waals surface area (Å²) < 4.78 is 0.716. The van der Waals surface area contributed by atoms with Crippen molar-refractivity contribution in [3.8, 4) is 0 Å². The van der Waals surface area contributed by atoms with Crippen LogP contribution >= 0.6 is 27.5 Å². The van der Waals surface area contributed by atoms with Gasteiger partial charge >= 0.3 is 0 Å². The van der Waals surface area contributed by atoms with Gasteiger partial charge in [0.1, 0.15) is 0 Å². The molecule has 3 nitrogen and oxygen atoms in total. The van der Waals surface area contributed by atoms with Gasteiger partial charge in [0.15, 0.2) is 0 Å². The molecule has 1 rings (SSSR count). The molecule has 1 unspecified atom stereocenters. The van der Waals surface area contributed by atoms with E-state index in [0.29, 0.717) is 27.6 Å². The number of nitrogens with one attached hydrogen (secondary N) is 1. The minimum Gasteiger partial charge on any atom is -0.351 e. The third-order valence-electron chi connectivity index (χ3n) is 3.27. The van der Waals surface area contributed by atoms with Crippen molar-refractivity contribution in [3.05, 3.63) is 33.3 Å². The van der Waals surface area contributed by atoms with Crippen molar-refractivity contribution in [1.82, 2.24) is 10.2 Å². The van der Waals surface area contributed by atoms with Gasteiger partial charge < -0.3 is 10.2 Å². The molecule has 1 aromatic carbocycles. The summed E-state index contributed by atoms with van der Waals surface area (Å²) in [5.41, 5.74) is 0.607. The number of benzene rings is 1. The van der Waals surface area contributed by atoms with E-state index in [-0.39, 0.29) is 5.91 Å². The molecule has 0 aliphatic carbocycles. The maximum atomic E-state index is 12.0. The van der Waals surface area contributed by atoms with E-state index in [4.69, 9.17) is 11.6 Å². The quantitative estimate of drug-likeness (QED) is 0.853. The first-order valence-corrected chi connectivity index (χ1v) is 7.56. The number of likely N-dealkylation sites (N-methyl/N-ethyl adjacent to an activating group) is 1. The van der Waals surface area contributed by atoms with Crippen LogP contribution in [0.2, 0.25) is 5.02 Å². The Morgan fingerprint density at radius 2 is 2.21 bits per heavy atom. The monoisotopic (exact) mass is 346 g/mol. The Balaban J connectivity index is 2.47. The molecule has 1 N–H and O–H groups in total. The summed E-state index contributed by atoms with van der Waals surface area (Å²) in [6.07, 6.45) is 1.10. The largest absolute Gasteiger partial charge is 0.351 e. The zero-order chi connectivity index (χ0) is 14.4. The van der Waals surface area contributed by atoms with E-state index in [0.717, 1.165) is 13.0 Å². The fraction of sp³-hybridized carbons (Fsp3) is 0.500. The maximum Gasteiger partial charge on any atom is 0.252 e. The SMILES string of the molecule is CCC(C)N(C)CCNC(=O)c1ccc(Cl)cc1Br. The number of rotatable bonds is 6. The van der Waals surface area contributed by atoms with Gasteiger partial charge in [0.25, 0.3) is 5.91 Å². The maximum absolute atomic E-state index is 12.0. The molecule has 0 radical (unpaired) electrons. The molecule has 1 amide bonds. The first kappa shape index (κ1) is 16.5. The molecule has 0 bridgehead atoms. The molecule has 106 valence electrons. The number of nitrogens with zero attached hydrogens (tertiary/aromatic N) is 1. The Morgan fingerprint density at radius 3 is 2.79 bits per heavy atom. The molecule has 5 heteroatoms. The molecule has 0 aliphatic rings. The van der Waals surface area contributed by atoms with Crippen molar-refractivity contribution in [2.75, 3.05) is 20.1 Å². The van der Waals surface area contributed by atoms with Crippen LogP contribution in [0.1, 0.15) is 30.6 Å². The second kappa shape index (κ2) is 7.88. The predicted molar refractivity (Wildman–Crippen MR) is 83.9 cm³/mol. The van der Waals surface area contributed by atoms with Crippen molar-refractivity contribution >= 4 is 33.4 Å². The van der Waals surface area contributed by atoms with Gasteiger partial charge in [0.05, 0.1) is 5.56 Å². The number of hydrogen-bond acceptors (Lipinski definition) is 2. The lowest BCUT2D eigenvalue weighted by molar-refractivity contribution is 0.0946. The molecule has 0 aromatic heterocycles. The number of hydrogen-bond donors (Lipinski definition) is 1. The Hall–Kier alpha value is -0.580. The van der Waals surface area contributed by atoms with E-state index >= 15 is 0 Å². The average Bonchev–Trinajstić information content (AvgIpc) is 2.37. The Bertz CT molecular complexity index is 439. The van der Waals surface area contributed by atoms with E-state index in [2.05, 4.69) is 47.0 Å². The van der Waals surface area contributed by atoms with Gasteiger partial charge in [-0.15, -0.1) is 0 Å². The van der Waals surface area contributed by atoms with E-state index in [1.165, 1.54) is 0 Å². The Morgan fingerprint density at radius 1 is 1.53 bits per heavy atom. The first-order valence-electron chi connectivity index (χ1n) is 6.39. The number of carbonyl (C=O) groups is 1. The van der Waals surface area contributed by atoms with E-state index in [1.54, 1.807) is 18.2 Å². The smallest absolute Gasteiger partial charge is 0.252 e. The lowest BCUT2D eigenvalue weighted by Crippen LogP contribution is -2.37. The summed E-state index contributed by atoms with van der Waals surface area (Å²) in [4.78, 5) is 14.2. The van der Waals surface area contributed by atoms with Crippen LogP contribution in [0.3, 0.4) is 0 Å². The normalized spacial score (nSPS) is 12.5. The van der Waals surface area contributed by atoms with Crippen LogP contribution in [0.25, 0.3) is 0 Å². The molecule has 19 heavy (non-hydrogen) atoms. The van der Waals surface area contributed by atoms with E-state index in [1.807, 2.05) is 0 Å². The van der Waals surface area contributed by atoms with Crippen LogP contribution in [0, 0.1) is 0 Å².